The monoisotopic (exact) mass is 382 g/mol. The Labute approximate surface area is 150 Å². The van der Waals surface area contributed by atoms with Gasteiger partial charge in [0.1, 0.15) is 0 Å². The van der Waals surface area contributed by atoms with Gasteiger partial charge in [0.2, 0.25) is 0 Å². The maximum atomic E-state index is 6.70. The molecule has 0 spiro atoms. The third-order valence-electron chi connectivity index (χ3n) is 4.81. The van der Waals surface area contributed by atoms with E-state index in [0.29, 0.717) is 0 Å². The molecule has 1 aliphatic rings. The first-order valence-electron chi connectivity index (χ1n) is 7.68. The predicted octanol–water partition coefficient (Wildman–Crippen LogP) is 7.08. The van der Waals surface area contributed by atoms with Gasteiger partial charge in [-0.15, -0.1) is 0 Å². The number of benzene rings is 3. The molecule has 0 saturated carbocycles. The molecule has 1 aliphatic carbocycles. The van der Waals surface area contributed by atoms with Gasteiger partial charge in [0.25, 0.3) is 0 Å². The van der Waals surface area contributed by atoms with Gasteiger partial charge in [-0.3, -0.25) is 0 Å². The van der Waals surface area contributed by atoms with Gasteiger partial charge in [-0.25, -0.2) is 0 Å². The Kier molecular flexibility index (Phi) is 3.40. The number of hydrogen-bond donors (Lipinski definition) is 0. The predicted molar refractivity (Wildman–Crippen MR) is 102 cm³/mol. The number of hydrogen-bond acceptors (Lipinski definition) is 0. The smallest absolute Gasteiger partial charge is 0.0493 e. The quantitative estimate of drug-likeness (QED) is 0.421. The Morgan fingerprint density at radius 3 is 2.26 bits per heavy atom. The molecule has 0 N–H and O–H groups in total. The minimum absolute atomic E-state index is 0.0268. The van der Waals surface area contributed by atoms with Crippen molar-refractivity contribution in [2.24, 2.45) is 0 Å². The second-order valence-corrected chi connectivity index (χ2v) is 7.88. The normalized spacial score (nSPS) is 14.4. The molecule has 0 amide bonds. The van der Waals surface area contributed by atoms with Gasteiger partial charge in [0.05, 0.1) is 0 Å². The lowest BCUT2D eigenvalue weighted by molar-refractivity contribution is 0.660. The molecule has 0 atom stereocenters. The molecule has 0 unspecified atom stereocenters. The Morgan fingerprint density at radius 1 is 0.826 bits per heavy atom. The summed E-state index contributed by atoms with van der Waals surface area (Å²) >= 11 is 10.2. The highest BCUT2D eigenvalue weighted by Gasteiger charge is 2.36. The number of rotatable bonds is 1. The largest absolute Gasteiger partial charge is 0.0836 e. The van der Waals surface area contributed by atoms with E-state index in [1.165, 1.54) is 33.4 Å². The van der Waals surface area contributed by atoms with Crippen molar-refractivity contribution >= 4 is 27.5 Å². The van der Waals surface area contributed by atoms with Gasteiger partial charge >= 0.3 is 0 Å². The molecule has 4 rings (SSSR count). The Hall–Kier alpha value is -1.57. The van der Waals surface area contributed by atoms with Crippen molar-refractivity contribution in [1.29, 1.82) is 0 Å². The molecule has 0 saturated heterocycles. The van der Waals surface area contributed by atoms with Crippen LogP contribution in [0.15, 0.2) is 65.1 Å². The van der Waals surface area contributed by atoms with Gasteiger partial charge in [0.15, 0.2) is 0 Å². The van der Waals surface area contributed by atoms with Gasteiger partial charge < -0.3 is 0 Å². The summed E-state index contributed by atoms with van der Waals surface area (Å²) in [5.74, 6) is 0. The average Bonchev–Trinajstić information content (AvgIpc) is 2.77. The van der Waals surface area contributed by atoms with Crippen LogP contribution in [0, 0.1) is 0 Å². The average molecular weight is 384 g/mol. The number of fused-ring (bicyclic) bond motifs is 3. The van der Waals surface area contributed by atoms with E-state index in [-0.39, 0.29) is 5.41 Å². The molecule has 0 radical (unpaired) electrons. The van der Waals surface area contributed by atoms with Gasteiger partial charge in [-0.1, -0.05) is 77.8 Å². The van der Waals surface area contributed by atoms with E-state index in [4.69, 9.17) is 11.6 Å². The van der Waals surface area contributed by atoms with Crippen LogP contribution in [0.5, 0.6) is 0 Å². The molecule has 0 nitrogen and oxygen atoms in total. The summed E-state index contributed by atoms with van der Waals surface area (Å²) in [6.07, 6.45) is 0. The minimum atomic E-state index is -0.0268. The summed E-state index contributed by atoms with van der Waals surface area (Å²) in [6, 6.07) is 21.3. The van der Waals surface area contributed by atoms with Crippen LogP contribution < -0.4 is 0 Å². The highest BCUT2D eigenvalue weighted by atomic mass is 79.9. The van der Waals surface area contributed by atoms with E-state index in [1.54, 1.807) is 0 Å². The summed E-state index contributed by atoms with van der Waals surface area (Å²) < 4.78 is 1.08. The zero-order valence-corrected chi connectivity index (χ0v) is 15.4. The van der Waals surface area contributed by atoms with Gasteiger partial charge in [0, 0.05) is 20.5 Å². The molecule has 0 fully saturated rings. The van der Waals surface area contributed by atoms with Crippen LogP contribution in [-0.2, 0) is 5.41 Å². The van der Waals surface area contributed by atoms with Gasteiger partial charge in [-0.05, 0) is 52.1 Å². The van der Waals surface area contributed by atoms with Crippen LogP contribution in [0.1, 0.15) is 25.0 Å². The van der Waals surface area contributed by atoms with Gasteiger partial charge in [-0.2, -0.15) is 0 Å². The van der Waals surface area contributed by atoms with E-state index < -0.39 is 0 Å². The number of halogens is 2. The van der Waals surface area contributed by atoms with E-state index in [0.717, 1.165) is 9.50 Å². The first-order chi connectivity index (χ1) is 11.0. The van der Waals surface area contributed by atoms with E-state index in [1.807, 2.05) is 0 Å². The third-order valence-corrected chi connectivity index (χ3v) is 5.64. The van der Waals surface area contributed by atoms with E-state index >= 15 is 0 Å². The third kappa shape index (κ3) is 2.26. The van der Waals surface area contributed by atoms with Crippen LogP contribution in [0.2, 0.25) is 5.02 Å². The van der Waals surface area contributed by atoms with Crippen LogP contribution in [-0.4, -0.2) is 0 Å². The molecule has 3 aromatic rings. The van der Waals surface area contributed by atoms with Crippen LogP contribution in [0.4, 0.5) is 0 Å². The van der Waals surface area contributed by atoms with Crippen molar-refractivity contribution in [2.45, 2.75) is 19.3 Å². The van der Waals surface area contributed by atoms with Crippen molar-refractivity contribution in [3.05, 3.63) is 81.3 Å². The summed E-state index contributed by atoms with van der Waals surface area (Å²) in [5.41, 5.74) is 7.44. The molecule has 2 heteroatoms. The fraction of sp³-hybridized carbons (Fsp3) is 0.143. The molecule has 0 heterocycles. The second kappa shape index (κ2) is 5.22. The summed E-state index contributed by atoms with van der Waals surface area (Å²) in [6.45, 7) is 4.55. The van der Waals surface area contributed by atoms with E-state index in [9.17, 15) is 0 Å². The fourth-order valence-corrected chi connectivity index (χ4v) is 4.16. The zero-order chi connectivity index (χ0) is 16.2. The van der Waals surface area contributed by atoms with Crippen LogP contribution in [0.25, 0.3) is 22.3 Å². The maximum absolute atomic E-state index is 6.70. The first-order valence-corrected chi connectivity index (χ1v) is 8.85. The van der Waals surface area contributed by atoms with Crippen LogP contribution in [0.3, 0.4) is 0 Å². The fourth-order valence-electron chi connectivity index (χ4n) is 3.57. The Balaban J connectivity index is 1.97. The lowest BCUT2D eigenvalue weighted by Crippen LogP contribution is -2.14. The summed E-state index contributed by atoms with van der Waals surface area (Å²) in [7, 11) is 0. The molecule has 0 aromatic heterocycles. The minimum Gasteiger partial charge on any atom is -0.0836 e. The Bertz CT molecular complexity index is 908. The lowest BCUT2D eigenvalue weighted by Gasteiger charge is -2.22. The molecular formula is C21H16BrCl. The highest BCUT2D eigenvalue weighted by molar-refractivity contribution is 9.10. The van der Waals surface area contributed by atoms with Crippen molar-refractivity contribution in [2.75, 3.05) is 0 Å². The molecule has 23 heavy (non-hydrogen) atoms. The molecule has 0 bridgehead atoms. The van der Waals surface area contributed by atoms with Crippen molar-refractivity contribution in [1.82, 2.24) is 0 Å². The molecule has 0 aliphatic heterocycles. The topological polar surface area (TPSA) is 0 Å². The van der Waals surface area contributed by atoms with E-state index in [2.05, 4.69) is 90.4 Å². The first kappa shape index (κ1) is 15.0. The molecular weight excluding hydrogens is 368 g/mol. The standard InChI is InChI=1S/C21H16BrCl/c1-21(2)17-6-4-3-5-16(17)20-18(21)11-14(12-19(20)23)13-7-9-15(22)10-8-13/h3-12H,1-2H3. The van der Waals surface area contributed by atoms with Crippen molar-refractivity contribution in [3.63, 3.8) is 0 Å². The van der Waals surface area contributed by atoms with Crippen molar-refractivity contribution in [3.8, 4) is 22.3 Å². The van der Waals surface area contributed by atoms with Crippen molar-refractivity contribution < 1.29 is 0 Å². The molecule has 3 aromatic carbocycles. The highest BCUT2D eigenvalue weighted by Crippen LogP contribution is 2.52. The van der Waals surface area contributed by atoms with Crippen LogP contribution >= 0.6 is 27.5 Å². The maximum Gasteiger partial charge on any atom is 0.0493 e. The Morgan fingerprint density at radius 2 is 1.52 bits per heavy atom. The lowest BCUT2D eigenvalue weighted by atomic mass is 9.81. The second-order valence-electron chi connectivity index (χ2n) is 6.56. The summed E-state index contributed by atoms with van der Waals surface area (Å²) in [5, 5.41) is 0.832. The SMILES string of the molecule is CC1(C)c2ccccc2-c2c(Cl)cc(-c3ccc(Br)cc3)cc21. The zero-order valence-electron chi connectivity index (χ0n) is 13.0. The summed E-state index contributed by atoms with van der Waals surface area (Å²) in [4.78, 5) is 0. The molecule has 114 valence electrons.